The van der Waals surface area contributed by atoms with Crippen LogP contribution in [0.4, 0.5) is 5.69 Å². The van der Waals surface area contributed by atoms with Gasteiger partial charge in [0.05, 0.1) is 25.7 Å². The number of aliphatic carboxylic acids is 1. The minimum Gasteiger partial charge on any atom is -0.507 e. The molecule has 4 unspecified atom stereocenters. The number of aliphatic hydroxyl groups is 5. The molecule has 0 aromatic heterocycles. The summed E-state index contributed by atoms with van der Waals surface area (Å²) in [6, 6.07) is 3.00. The summed E-state index contributed by atoms with van der Waals surface area (Å²) >= 11 is 0. The monoisotopic (exact) mass is 519 g/mol. The lowest BCUT2D eigenvalue weighted by atomic mass is 9.87. The van der Waals surface area contributed by atoms with Gasteiger partial charge in [0.15, 0.2) is 12.4 Å². The molecule has 0 spiro atoms. The number of esters is 1. The van der Waals surface area contributed by atoms with Gasteiger partial charge in [-0.3, -0.25) is 0 Å². The van der Waals surface area contributed by atoms with Crippen LogP contribution in [0.5, 0.6) is 5.75 Å². The van der Waals surface area contributed by atoms with E-state index in [-0.39, 0.29) is 17.0 Å². The zero-order chi connectivity index (χ0) is 26.7. The lowest BCUT2D eigenvalue weighted by Crippen LogP contribution is -2.93. The van der Waals surface area contributed by atoms with Crippen LogP contribution in [0, 0.1) is 5.92 Å². The van der Waals surface area contributed by atoms with Crippen molar-refractivity contribution in [2.45, 2.75) is 55.2 Å². The molecule has 2 heterocycles. The summed E-state index contributed by atoms with van der Waals surface area (Å²) in [5.41, 5.74) is 5.61. The molecule has 15 nitrogen and oxygen atoms in total. The number of ether oxygens (including phenoxy) is 4. The van der Waals surface area contributed by atoms with Gasteiger partial charge in [-0.25, -0.2) is 9.59 Å². The number of quaternary nitrogens is 1. The number of hydrogen-bond donors (Lipinski definition) is 9. The maximum atomic E-state index is 12.4. The van der Waals surface area contributed by atoms with E-state index in [1.54, 1.807) is 7.05 Å². The van der Waals surface area contributed by atoms with Crippen LogP contribution in [0.15, 0.2) is 18.2 Å². The summed E-state index contributed by atoms with van der Waals surface area (Å²) in [6.45, 7) is -0.930. The van der Waals surface area contributed by atoms with Crippen molar-refractivity contribution in [3.05, 3.63) is 23.8 Å². The minimum atomic E-state index is -1.90. The number of nitrogen functional groups attached to an aromatic ring is 1. The Kier molecular flexibility index (Phi) is 9.04. The Balaban J connectivity index is 1.67. The second kappa shape index (κ2) is 11.6. The fourth-order valence-corrected chi connectivity index (χ4v) is 4.17. The topological polar surface area (TPSA) is 255 Å². The predicted molar refractivity (Wildman–Crippen MR) is 115 cm³/mol. The highest BCUT2D eigenvalue weighted by Gasteiger charge is 2.50. The smallest absolute Gasteiger partial charge is 0.342 e. The van der Waals surface area contributed by atoms with E-state index in [1.807, 2.05) is 0 Å². The number of benzene rings is 1. The van der Waals surface area contributed by atoms with Crippen LogP contribution in [-0.4, -0.2) is 123 Å². The highest BCUT2D eigenvalue weighted by Crippen LogP contribution is 2.28. The zero-order valence-corrected chi connectivity index (χ0v) is 19.2. The first-order chi connectivity index (χ1) is 17.0. The first-order valence-corrected chi connectivity index (χ1v) is 11.1. The third-order valence-electron chi connectivity index (χ3n) is 6.23. The van der Waals surface area contributed by atoms with E-state index in [0.717, 1.165) is 0 Å². The fraction of sp³-hybridized carbons (Fsp3) is 0.619. The van der Waals surface area contributed by atoms with Crippen LogP contribution in [0.3, 0.4) is 0 Å². The Bertz CT molecular complexity index is 933. The summed E-state index contributed by atoms with van der Waals surface area (Å²) in [6.07, 6.45) is -13.2. The molecule has 2 aliphatic rings. The fourth-order valence-electron chi connectivity index (χ4n) is 4.17. The summed E-state index contributed by atoms with van der Waals surface area (Å²) in [7, 11) is 1.59. The van der Waals surface area contributed by atoms with E-state index in [2.05, 4.69) is 0 Å². The Morgan fingerprint density at radius 3 is 2.36 bits per heavy atom. The number of phenolic OH excluding ortho intramolecular Hbond substituents is 1. The van der Waals surface area contributed by atoms with Gasteiger partial charge in [0, 0.05) is 5.69 Å². The molecule has 1 aromatic rings. The summed E-state index contributed by atoms with van der Waals surface area (Å²) in [5.74, 6) is -3.82. The lowest BCUT2D eigenvalue weighted by Gasteiger charge is -2.42. The SMILES string of the molecule is C[NH2+]C1[C@H](O)OC(COC(=O)c2cc(N)ccc2O)[C@H](O)[C@H]1CO[C@@H]1OC(C(=O)O)[C@@H](O)[C@@H](O)C1O. The quantitative estimate of drug-likeness (QED) is 0.0888. The van der Waals surface area contributed by atoms with Crippen LogP contribution in [-0.2, 0) is 23.7 Å². The third-order valence-corrected chi connectivity index (χ3v) is 6.23. The number of carbonyl (C=O) groups excluding carboxylic acids is 1. The largest absolute Gasteiger partial charge is 0.507 e. The maximum Gasteiger partial charge on any atom is 0.342 e. The molecule has 0 amide bonds. The number of phenols is 1. The van der Waals surface area contributed by atoms with Crippen molar-refractivity contribution < 1.29 is 69.6 Å². The van der Waals surface area contributed by atoms with Gasteiger partial charge in [-0.05, 0) is 18.2 Å². The average Bonchev–Trinajstić information content (AvgIpc) is 2.83. The van der Waals surface area contributed by atoms with Crippen LogP contribution < -0.4 is 11.1 Å². The van der Waals surface area contributed by atoms with Crippen LogP contribution in [0.1, 0.15) is 10.4 Å². The molecule has 2 fully saturated rings. The summed E-state index contributed by atoms with van der Waals surface area (Å²) < 4.78 is 21.0. The Hall–Kier alpha value is -2.60. The molecule has 2 saturated heterocycles. The molecule has 0 bridgehead atoms. The lowest BCUT2D eigenvalue weighted by molar-refractivity contribution is -0.694. The number of anilines is 1. The second-order valence-corrected chi connectivity index (χ2v) is 8.57. The molecule has 0 saturated carbocycles. The molecule has 202 valence electrons. The predicted octanol–water partition coefficient (Wildman–Crippen LogP) is -4.70. The third kappa shape index (κ3) is 5.86. The Labute approximate surface area is 204 Å². The maximum absolute atomic E-state index is 12.4. The molecule has 11 N–H and O–H groups in total. The molecule has 2 aliphatic heterocycles. The number of rotatable bonds is 8. The molecular formula is C21H31N2O13+. The van der Waals surface area contributed by atoms with E-state index in [4.69, 9.17) is 29.8 Å². The summed E-state index contributed by atoms with van der Waals surface area (Å²) in [4.78, 5) is 23.6. The number of carbonyl (C=O) groups is 2. The van der Waals surface area contributed by atoms with Gasteiger partial charge in [0.2, 0.25) is 6.29 Å². The van der Waals surface area contributed by atoms with Gasteiger partial charge < -0.3 is 65.7 Å². The van der Waals surface area contributed by atoms with E-state index in [9.17, 15) is 40.2 Å². The Morgan fingerprint density at radius 2 is 1.72 bits per heavy atom. The first-order valence-electron chi connectivity index (χ1n) is 11.1. The number of nitrogens with two attached hydrogens (primary N) is 2. The van der Waals surface area contributed by atoms with Crippen molar-refractivity contribution in [2.24, 2.45) is 5.92 Å². The molecule has 0 aliphatic carbocycles. The normalized spacial score (nSPS) is 36.8. The number of aromatic hydroxyl groups is 1. The van der Waals surface area contributed by atoms with Crippen molar-refractivity contribution in [1.82, 2.24) is 0 Å². The van der Waals surface area contributed by atoms with Crippen molar-refractivity contribution in [3.63, 3.8) is 0 Å². The highest BCUT2D eigenvalue weighted by molar-refractivity contribution is 5.93. The number of carboxylic acids is 1. The van der Waals surface area contributed by atoms with Gasteiger partial charge in [0.1, 0.15) is 48.4 Å². The first kappa shape index (κ1) is 28.0. The molecular weight excluding hydrogens is 488 g/mol. The van der Waals surface area contributed by atoms with Crippen molar-refractivity contribution in [3.8, 4) is 5.75 Å². The average molecular weight is 519 g/mol. The van der Waals surface area contributed by atoms with Gasteiger partial charge in [-0.15, -0.1) is 0 Å². The molecule has 0 radical (unpaired) electrons. The number of carboxylic acid groups (broad SMARTS) is 1. The van der Waals surface area contributed by atoms with Crippen molar-refractivity contribution in [2.75, 3.05) is 26.0 Å². The summed E-state index contributed by atoms with van der Waals surface area (Å²) in [5, 5.41) is 71.7. The minimum absolute atomic E-state index is 0.206. The zero-order valence-electron chi connectivity index (χ0n) is 19.2. The van der Waals surface area contributed by atoms with Crippen molar-refractivity contribution in [1.29, 1.82) is 0 Å². The molecule has 10 atom stereocenters. The van der Waals surface area contributed by atoms with Gasteiger partial charge in [-0.2, -0.15) is 0 Å². The van der Waals surface area contributed by atoms with E-state index >= 15 is 0 Å². The van der Waals surface area contributed by atoms with E-state index < -0.39 is 86.3 Å². The Morgan fingerprint density at radius 1 is 1.03 bits per heavy atom. The number of hydrogen-bond acceptors (Lipinski definition) is 13. The highest BCUT2D eigenvalue weighted by atomic mass is 16.7. The van der Waals surface area contributed by atoms with Crippen LogP contribution >= 0.6 is 0 Å². The van der Waals surface area contributed by atoms with E-state index in [1.165, 1.54) is 23.5 Å². The number of likely N-dealkylation sites (N-methyl/N-ethyl adjacent to an activating group) is 1. The van der Waals surface area contributed by atoms with Gasteiger partial charge >= 0.3 is 11.9 Å². The number of aliphatic hydroxyl groups excluding tert-OH is 5. The van der Waals surface area contributed by atoms with Gasteiger partial charge in [-0.1, -0.05) is 0 Å². The van der Waals surface area contributed by atoms with E-state index in [0.29, 0.717) is 0 Å². The molecule has 36 heavy (non-hydrogen) atoms. The van der Waals surface area contributed by atoms with Gasteiger partial charge in [0.25, 0.3) is 0 Å². The molecule has 3 rings (SSSR count). The van der Waals surface area contributed by atoms with Crippen LogP contribution in [0.25, 0.3) is 0 Å². The second-order valence-electron chi connectivity index (χ2n) is 8.57. The van der Waals surface area contributed by atoms with Crippen molar-refractivity contribution >= 4 is 17.6 Å². The standard InChI is InChI=1S/C21H30N2O13/c1-23-12-9(5-34-21-16(28)14(26)15(27)17(36-21)18(29)30)13(25)11(35-20(12)32)6-33-19(31)8-4-7(22)2-3-10(8)24/h2-4,9,11-17,20-21,23-28,32H,5-6,22H2,1H3,(H,29,30)/p+1/t9-,11?,12?,13+,14+,15-,16?,17?,20+,21+/m0/s1. The molecule has 15 heteroatoms. The van der Waals surface area contributed by atoms with Crippen LogP contribution in [0.2, 0.25) is 0 Å². The molecule has 1 aromatic carbocycles.